The van der Waals surface area contributed by atoms with Crippen molar-refractivity contribution in [2.24, 2.45) is 5.92 Å². The highest BCUT2D eigenvalue weighted by molar-refractivity contribution is 5.84. The molecule has 0 radical (unpaired) electrons. The Hall–Kier alpha value is -2.25. The van der Waals surface area contributed by atoms with Crippen molar-refractivity contribution in [2.75, 3.05) is 13.1 Å². The fraction of sp³-hybridized carbons (Fsp3) is 0.600. The van der Waals surface area contributed by atoms with Gasteiger partial charge in [-0.1, -0.05) is 0 Å². The van der Waals surface area contributed by atoms with Gasteiger partial charge < -0.3 is 20.2 Å². The van der Waals surface area contributed by atoms with Crippen LogP contribution in [0, 0.1) is 11.3 Å². The van der Waals surface area contributed by atoms with Crippen molar-refractivity contribution in [1.29, 1.82) is 5.41 Å². The summed E-state index contributed by atoms with van der Waals surface area (Å²) < 4.78 is 40.1. The minimum absolute atomic E-state index is 0.0374. The molecular weight excluding hydrogens is 369 g/mol. The number of nitrogens with zero attached hydrogens (tertiary/aromatic N) is 2. The van der Waals surface area contributed by atoms with Crippen LogP contribution in [0.3, 0.4) is 0 Å². The molecule has 5 atom stereocenters. The van der Waals surface area contributed by atoms with Gasteiger partial charge in [0.25, 0.3) is 5.92 Å². The van der Waals surface area contributed by atoms with Gasteiger partial charge in [-0.3, -0.25) is 4.79 Å². The van der Waals surface area contributed by atoms with Crippen LogP contribution in [0.25, 0.3) is 5.70 Å². The van der Waals surface area contributed by atoms with Crippen LogP contribution in [0.1, 0.15) is 42.9 Å². The highest BCUT2D eigenvalue weighted by Gasteiger charge is 2.58. The van der Waals surface area contributed by atoms with Crippen molar-refractivity contribution in [3.05, 3.63) is 29.6 Å². The first-order valence-electron chi connectivity index (χ1n) is 9.87. The Kier molecular flexibility index (Phi) is 3.90. The highest BCUT2D eigenvalue weighted by atomic mass is 19.3. The molecule has 2 saturated carbocycles. The predicted molar refractivity (Wildman–Crippen MR) is 98.1 cm³/mol. The topological polar surface area (TPSA) is 63.2 Å². The van der Waals surface area contributed by atoms with Gasteiger partial charge in [-0.25, -0.2) is 13.2 Å². The van der Waals surface area contributed by atoms with Crippen LogP contribution in [-0.2, 0) is 4.79 Å². The molecule has 2 aliphatic heterocycles. The van der Waals surface area contributed by atoms with Crippen molar-refractivity contribution < 1.29 is 18.0 Å². The Bertz CT molecular complexity index is 836. The summed E-state index contributed by atoms with van der Waals surface area (Å²) >= 11 is 0. The molecule has 1 amide bonds. The van der Waals surface area contributed by atoms with Gasteiger partial charge in [0.2, 0.25) is 5.91 Å². The lowest BCUT2D eigenvalue weighted by Gasteiger charge is -2.43. The first kappa shape index (κ1) is 17.8. The molecule has 5 rings (SSSR count). The van der Waals surface area contributed by atoms with Gasteiger partial charge in [0.1, 0.15) is 6.17 Å². The number of piperazine rings is 1. The number of likely N-dealkylation sites (tertiary alicyclic amines) is 1. The third kappa shape index (κ3) is 2.84. The van der Waals surface area contributed by atoms with Crippen molar-refractivity contribution in [3.8, 4) is 0 Å². The molecule has 1 aromatic rings. The summed E-state index contributed by atoms with van der Waals surface area (Å²) in [5.41, 5.74) is 2.09. The normalized spacial score (nSPS) is 35.8. The molecule has 4 aliphatic rings. The van der Waals surface area contributed by atoms with Crippen LogP contribution in [0.5, 0.6) is 0 Å². The number of aromatic amines is 1. The Labute approximate surface area is 161 Å². The zero-order chi connectivity index (χ0) is 19.6. The maximum atomic E-state index is 13.4. The van der Waals surface area contributed by atoms with Crippen LogP contribution < -0.4 is 0 Å². The summed E-state index contributed by atoms with van der Waals surface area (Å²) in [5.74, 6) is -3.86. The van der Waals surface area contributed by atoms with Crippen LogP contribution in [0.15, 0.2) is 18.3 Å². The molecular formula is C20H23F3N4O. The van der Waals surface area contributed by atoms with Gasteiger partial charge in [0.05, 0.1) is 23.2 Å². The molecule has 5 nitrogen and oxygen atoms in total. The van der Waals surface area contributed by atoms with Gasteiger partial charge in [0, 0.05) is 44.0 Å². The van der Waals surface area contributed by atoms with Crippen LogP contribution in [-0.4, -0.2) is 64.2 Å². The molecule has 2 saturated heterocycles. The molecule has 2 N–H and O–H groups in total. The number of nitrogens with one attached hydrogen (secondary N) is 2. The first-order valence-corrected chi connectivity index (χ1v) is 9.87. The highest BCUT2D eigenvalue weighted by Crippen LogP contribution is 2.56. The maximum absolute atomic E-state index is 13.4. The first-order chi connectivity index (χ1) is 13.4. The largest absolute Gasteiger partial charge is 0.366 e. The number of hydrogen-bond donors (Lipinski definition) is 2. The summed E-state index contributed by atoms with van der Waals surface area (Å²) in [4.78, 5) is 19.7. The van der Waals surface area contributed by atoms with E-state index in [-0.39, 0.29) is 24.4 Å². The Morgan fingerprint density at radius 3 is 2.46 bits per heavy atom. The number of amides is 1. The molecule has 2 aliphatic carbocycles. The summed E-state index contributed by atoms with van der Waals surface area (Å²) in [6.45, 7) is 1.22. The fourth-order valence-corrected chi connectivity index (χ4v) is 4.85. The van der Waals surface area contributed by atoms with E-state index in [0.717, 1.165) is 18.5 Å². The third-order valence-corrected chi connectivity index (χ3v) is 6.56. The lowest BCUT2D eigenvalue weighted by atomic mass is 10.1. The summed E-state index contributed by atoms with van der Waals surface area (Å²) in [5, 5.41) is 7.51. The number of rotatable bonds is 5. The van der Waals surface area contributed by atoms with Gasteiger partial charge in [-0.2, -0.15) is 0 Å². The molecule has 8 heteroatoms. The zero-order valence-electron chi connectivity index (χ0n) is 15.4. The van der Waals surface area contributed by atoms with E-state index in [1.54, 1.807) is 18.3 Å². The average Bonchev–Trinajstić information content (AvgIpc) is 3.42. The lowest BCUT2D eigenvalue weighted by molar-refractivity contribution is -0.138. The SMILES string of the molecule is N=C/C=C(\c1cc([C@@H]2CC2(F)F)c[nH]1)N1CC2CCC(C1)N2C(=O)[C@@H]1C[C@H]1F. The average molecular weight is 392 g/mol. The van der Waals surface area contributed by atoms with E-state index >= 15 is 0 Å². The summed E-state index contributed by atoms with van der Waals surface area (Å²) in [7, 11) is 0. The Balaban J connectivity index is 1.34. The molecule has 3 heterocycles. The number of aromatic nitrogens is 1. The number of carbonyl (C=O) groups excluding carboxylic acids is 1. The summed E-state index contributed by atoms with van der Waals surface area (Å²) in [6.07, 6.45) is 5.49. The van der Waals surface area contributed by atoms with E-state index in [1.165, 1.54) is 6.21 Å². The monoisotopic (exact) mass is 392 g/mol. The minimum atomic E-state index is -2.62. The zero-order valence-corrected chi connectivity index (χ0v) is 15.4. The second-order valence-corrected chi connectivity index (χ2v) is 8.48. The minimum Gasteiger partial charge on any atom is -0.366 e. The van der Waals surface area contributed by atoms with Gasteiger partial charge in [-0.05, 0) is 37.0 Å². The van der Waals surface area contributed by atoms with E-state index in [1.807, 2.05) is 4.90 Å². The standard InChI is InChI=1S/C20H23F3N4O/c21-16-6-14(16)19(28)27-12-1-2-13(27)10-26(9-12)18(3-4-24)17-5-11(8-25-17)15-7-20(15,22)23/h3-5,8,12-16,24-25H,1-2,6-7,9-10H2/b18-3+,24-4?/t12?,13?,14-,15+,16-/m1/s1. The van der Waals surface area contributed by atoms with Crippen molar-refractivity contribution in [3.63, 3.8) is 0 Å². The number of H-pyrrole nitrogens is 1. The van der Waals surface area contributed by atoms with E-state index in [9.17, 15) is 18.0 Å². The van der Waals surface area contributed by atoms with Gasteiger partial charge in [-0.15, -0.1) is 0 Å². The number of fused-ring (bicyclic) bond motifs is 2. The molecule has 0 aromatic carbocycles. The second kappa shape index (κ2) is 6.12. The van der Waals surface area contributed by atoms with Gasteiger partial charge in [0.15, 0.2) is 0 Å². The molecule has 150 valence electrons. The van der Waals surface area contributed by atoms with E-state index in [4.69, 9.17) is 5.41 Å². The Morgan fingerprint density at radius 1 is 1.29 bits per heavy atom. The molecule has 2 unspecified atom stereocenters. The maximum Gasteiger partial charge on any atom is 0.255 e. The number of carbonyl (C=O) groups is 1. The molecule has 28 heavy (non-hydrogen) atoms. The van der Waals surface area contributed by atoms with Crippen LogP contribution >= 0.6 is 0 Å². The number of halogens is 3. The third-order valence-electron chi connectivity index (χ3n) is 6.56. The molecule has 0 spiro atoms. The predicted octanol–water partition coefficient (Wildman–Crippen LogP) is 3.16. The van der Waals surface area contributed by atoms with Crippen molar-refractivity contribution in [1.82, 2.24) is 14.8 Å². The van der Waals surface area contributed by atoms with Crippen molar-refractivity contribution in [2.45, 2.75) is 55.8 Å². The summed E-state index contributed by atoms with van der Waals surface area (Å²) in [6, 6.07) is 1.82. The number of allylic oxidation sites excluding steroid dienone is 1. The van der Waals surface area contributed by atoms with Crippen LogP contribution in [0.2, 0.25) is 0 Å². The van der Waals surface area contributed by atoms with Crippen LogP contribution in [0.4, 0.5) is 13.2 Å². The number of alkyl halides is 3. The second-order valence-electron chi connectivity index (χ2n) is 8.48. The van der Waals surface area contributed by atoms with Crippen molar-refractivity contribution >= 4 is 17.8 Å². The molecule has 2 bridgehead atoms. The number of hydrogen-bond acceptors (Lipinski definition) is 3. The lowest BCUT2D eigenvalue weighted by Crippen LogP contribution is -2.55. The van der Waals surface area contributed by atoms with Gasteiger partial charge >= 0.3 is 0 Å². The molecule has 4 fully saturated rings. The van der Waals surface area contributed by atoms with E-state index < -0.39 is 23.9 Å². The fourth-order valence-electron chi connectivity index (χ4n) is 4.85. The van der Waals surface area contributed by atoms with E-state index in [0.29, 0.717) is 30.8 Å². The quantitative estimate of drug-likeness (QED) is 0.756. The Morgan fingerprint density at radius 2 is 1.93 bits per heavy atom. The smallest absolute Gasteiger partial charge is 0.255 e. The molecule has 1 aromatic heterocycles. The van der Waals surface area contributed by atoms with E-state index in [2.05, 4.69) is 9.88 Å².